The lowest BCUT2D eigenvalue weighted by atomic mass is 10.1. The molecule has 1 aromatic carbocycles. The van der Waals surface area contributed by atoms with E-state index >= 15 is 0 Å². The van der Waals surface area contributed by atoms with E-state index in [0.29, 0.717) is 35.6 Å². The lowest BCUT2D eigenvalue weighted by Crippen LogP contribution is -2.43. The number of pyridine rings is 1. The van der Waals surface area contributed by atoms with Gasteiger partial charge in [-0.3, -0.25) is 9.59 Å². The molecule has 1 fully saturated rings. The molecule has 34 heavy (non-hydrogen) atoms. The maximum absolute atomic E-state index is 13.8. The molecule has 11 heteroatoms. The first-order valence-corrected chi connectivity index (χ1v) is 11.1. The van der Waals surface area contributed by atoms with E-state index in [2.05, 4.69) is 15.3 Å². The van der Waals surface area contributed by atoms with Gasteiger partial charge in [-0.15, -0.1) is 0 Å². The largest absolute Gasteiger partial charge is 0.478 e. The van der Waals surface area contributed by atoms with E-state index in [1.807, 2.05) is 12.1 Å². The van der Waals surface area contributed by atoms with Crippen molar-refractivity contribution in [3.8, 4) is 5.75 Å². The fourth-order valence-corrected chi connectivity index (χ4v) is 4.09. The summed E-state index contributed by atoms with van der Waals surface area (Å²) in [6.45, 7) is -0.234. The molecule has 0 unspecified atom stereocenters. The molecule has 0 atom stereocenters. The number of anilines is 1. The Labute approximate surface area is 199 Å². The summed E-state index contributed by atoms with van der Waals surface area (Å²) >= 11 is 6.32. The molecule has 0 bridgehead atoms. The zero-order valence-electron chi connectivity index (χ0n) is 18.8. The van der Waals surface area contributed by atoms with E-state index in [4.69, 9.17) is 16.3 Å². The minimum Gasteiger partial charge on any atom is -0.478 e. The second-order valence-electron chi connectivity index (χ2n) is 8.25. The van der Waals surface area contributed by atoms with Crippen molar-refractivity contribution in [1.82, 2.24) is 19.9 Å². The minimum atomic E-state index is -2.77. The zero-order valence-corrected chi connectivity index (χ0v) is 19.5. The average Bonchev–Trinajstić information content (AvgIpc) is 2.81. The van der Waals surface area contributed by atoms with Crippen LogP contribution in [0.1, 0.15) is 24.1 Å². The molecule has 1 amide bonds. The number of nitrogens with one attached hydrogen (secondary N) is 1. The summed E-state index contributed by atoms with van der Waals surface area (Å²) in [6.07, 6.45) is 1.99. The van der Waals surface area contributed by atoms with Crippen molar-refractivity contribution in [2.75, 3.05) is 31.6 Å². The van der Waals surface area contributed by atoms with Crippen LogP contribution in [0.5, 0.6) is 5.75 Å². The lowest BCUT2D eigenvalue weighted by molar-refractivity contribution is -0.122. The molecule has 2 aromatic heterocycles. The van der Waals surface area contributed by atoms with Gasteiger partial charge in [0.1, 0.15) is 0 Å². The van der Waals surface area contributed by atoms with E-state index in [0.717, 1.165) is 10.9 Å². The average molecular weight is 492 g/mol. The summed E-state index contributed by atoms with van der Waals surface area (Å²) in [6, 6.07) is 7.11. The van der Waals surface area contributed by atoms with Gasteiger partial charge in [0.15, 0.2) is 12.4 Å². The van der Waals surface area contributed by atoms with Crippen LogP contribution in [0.15, 0.2) is 35.3 Å². The third-order valence-electron chi connectivity index (χ3n) is 5.74. The van der Waals surface area contributed by atoms with Crippen molar-refractivity contribution in [3.63, 3.8) is 0 Å². The van der Waals surface area contributed by atoms with Gasteiger partial charge in [0.2, 0.25) is 5.95 Å². The lowest BCUT2D eigenvalue weighted by Gasteiger charge is -2.32. The second kappa shape index (κ2) is 9.54. The molecular weight excluding hydrogens is 468 g/mol. The number of carbonyl (C=O) groups is 1. The van der Waals surface area contributed by atoms with Crippen LogP contribution < -0.4 is 20.5 Å². The summed E-state index contributed by atoms with van der Waals surface area (Å²) in [5.74, 6) is -2.83. The van der Waals surface area contributed by atoms with Crippen LogP contribution in [0, 0.1) is 0 Å². The molecule has 0 saturated carbocycles. The number of hydrogen-bond acceptors (Lipinski definition) is 6. The van der Waals surface area contributed by atoms with Gasteiger partial charge in [-0.1, -0.05) is 17.7 Å². The number of piperidine rings is 1. The molecule has 4 rings (SSSR count). The van der Waals surface area contributed by atoms with Crippen LogP contribution >= 0.6 is 11.6 Å². The highest BCUT2D eigenvalue weighted by molar-refractivity contribution is 6.31. The van der Waals surface area contributed by atoms with Crippen LogP contribution in [0.2, 0.25) is 5.02 Å². The number of aromatic nitrogens is 3. The summed E-state index contributed by atoms with van der Waals surface area (Å²) in [7, 11) is 3.11. The number of aryl methyl sites for hydroxylation is 1. The number of alkyl halides is 2. The molecule has 1 aliphatic rings. The highest BCUT2D eigenvalue weighted by Crippen LogP contribution is 2.29. The summed E-state index contributed by atoms with van der Waals surface area (Å²) < 4.78 is 34.5. The normalized spacial score (nSPS) is 15.4. The molecule has 3 aromatic rings. The maximum atomic E-state index is 13.8. The number of hydrogen-bond donors (Lipinski definition) is 1. The highest BCUT2D eigenvalue weighted by atomic mass is 35.5. The van der Waals surface area contributed by atoms with Crippen molar-refractivity contribution in [1.29, 1.82) is 0 Å². The fourth-order valence-electron chi connectivity index (χ4n) is 3.93. The standard InChI is InChI=1S/C23H24ClF2N5O3/c1-27-20(32)12-34-19-10-15-8-14(4-5-18(15)30(2)21(19)33)9-17-16(24)11-28-22(29-17)31-7-3-6-23(25,26)13-31/h4-5,8,10-11H,3,6-7,9,12-13H2,1-2H3,(H,27,32). The number of halogens is 3. The Balaban J connectivity index is 1.62. The first kappa shape index (κ1) is 23.9. The highest BCUT2D eigenvalue weighted by Gasteiger charge is 2.36. The second-order valence-corrected chi connectivity index (χ2v) is 8.66. The molecule has 1 N–H and O–H groups in total. The summed E-state index contributed by atoms with van der Waals surface area (Å²) in [5.41, 5.74) is 1.69. The van der Waals surface area contributed by atoms with Crippen molar-refractivity contribution < 1.29 is 18.3 Å². The number of ether oxygens (including phenoxy) is 1. The fraction of sp³-hybridized carbons (Fsp3) is 0.391. The molecule has 0 radical (unpaired) electrons. The molecule has 180 valence electrons. The third kappa shape index (κ3) is 5.11. The Morgan fingerprint density at radius 2 is 2.12 bits per heavy atom. The van der Waals surface area contributed by atoms with Crippen LogP contribution in [0.25, 0.3) is 10.9 Å². The topological polar surface area (TPSA) is 89.3 Å². The third-order valence-corrected chi connectivity index (χ3v) is 6.06. The van der Waals surface area contributed by atoms with E-state index in [1.165, 1.54) is 22.7 Å². The van der Waals surface area contributed by atoms with Gasteiger partial charge in [0, 0.05) is 38.9 Å². The Bertz CT molecular complexity index is 1300. The van der Waals surface area contributed by atoms with E-state index in [-0.39, 0.29) is 36.2 Å². The van der Waals surface area contributed by atoms with Gasteiger partial charge >= 0.3 is 0 Å². The number of carbonyl (C=O) groups excluding carboxylic acids is 1. The number of fused-ring (bicyclic) bond motifs is 1. The van der Waals surface area contributed by atoms with Gasteiger partial charge in [-0.2, -0.15) is 0 Å². The number of nitrogens with zero attached hydrogens (tertiary/aromatic N) is 4. The van der Waals surface area contributed by atoms with Gasteiger partial charge < -0.3 is 19.5 Å². The molecule has 3 heterocycles. The monoisotopic (exact) mass is 491 g/mol. The van der Waals surface area contributed by atoms with Crippen molar-refractivity contribution in [3.05, 3.63) is 57.1 Å². The first-order chi connectivity index (χ1) is 16.2. The number of rotatable bonds is 6. The quantitative estimate of drug-likeness (QED) is 0.570. The molecule has 0 spiro atoms. The number of amides is 1. The Morgan fingerprint density at radius 3 is 2.85 bits per heavy atom. The van der Waals surface area contributed by atoms with Crippen LogP contribution in [-0.2, 0) is 18.3 Å². The molecular formula is C23H24ClF2N5O3. The van der Waals surface area contributed by atoms with E-state index in [9.17, 15) is 18.4 Å². The SMILES string of the molecule is CNC(=O)COc1cc2cc(Cc3nc(N4CCCC(F)(F)C4)ncc3Cl)ccc2n(C)c1=O. The zero-order chi connectivity index (χ0) is 24.5. The van der Waals surface area contributed by atoms with Crippen molar-refractivity contribution in [2.45, 2.75) is 25.2 Å². The molecule has 1 aliphatic heterocycles. The predicted molar refractivity (Wildman–Crippen MR) is 125 cm³/mol. The van der Waals surface area contributed by atoms with Crippen molar-refractivity contribution >= 4 is 34.4 Å². The maximum Gasteiger partial charge on any atom is 0.293 e. The Hall–Kier alpha value is -3.27. The van der Waals surface area contributed by atoms with Gasteiger partial charge in [0.25, 0.3) is 17.4 Å². The molecule has 0 aliphatic carbocycles. The van der Waals surface area contributed by atoms with Gasteiger partial charge in [0.05, 0.1) is 29.0 Å². The van der Waals surface area contributed by atoms with Gasteiger partial charge in [-0.05, 0) is 30.2 Å². The molecule has 8 nitrogen and oxygen atoms in total. The Kier molecular flexibility index (Phi) is 6.70. The predicted octanol–water partition coefficient (Wildman–Crippen LogP) is 2.93. The van der Waals surface area contributed by atoms with Crippen molar-refractivity contribution in [2.24, 2.45) is 7.05 Å². The summed E-state index contributed by atoms with van der Waals surface area (Å²) in [4.78, 5) is 34.2. The van der Waals surface area contributed by atoms with Crippen LogP contribution in [0.3, 0.4) is 0 Å². The smallest absolute Gasteiger partial charge is 0.293 e. The van der Waals surface area contributed by atoms with Crippen LogP contribution in [0.4, 0.5) is 14.7 Å². The number of likely N-dealkylation sites (N-methyl/N-ethyl adjacent to an activating group) is 1. The van der Waals surface area contributed by atoms with E-state index < -0.39 is 12.5 Å². The minimum absolute atomic E-state index is 0.0594. The Morgan fingerprint density at radius 1 is 1.32 bits per heavy atom. The number of benzene rings is 1. The van der Waals surface area contributed by atoms with Gasteiger partial charge in [-0.25, -0.2) is 18.7 Å². The first-order valence-electron chi connectivity index (χ1n) is 10.8. The van der Waals surface area contributed by atoms with E-state index in [1.54, 1.807) is 19.2 Å². The summed E-state index contributed by atoms with van der Waals surface area (Å²) in [5, 5.41) is 3.50. The van der Waals surface area contributed by atoms with Crippen LogP contribution in [-0.4, -0.2) is 53.1 Å². The molecule has 1 saturated heterocycles.